The Labute approximate surface area is 179 Å². The van der Waals surface area contributed by atoms with Gasteiger partial charge in [-0.3, -0.25) is 4.79 Å². The number of amides is 1. The third-order valence-corrected chi connectivity index (χ3v) is 5.81. The molecule has 146 valence electrons. The molecule has 29 heavy (non-hydrogen) atoms. The number of aliphatic hydroxyl groups is 1. The van der Waals surface area contributed by atoms with Crippen LogP contribution in [0.2, 0.25) is 0 Å². The summed E-state index contributed by atoms with van der Waals surface area (Å²) in [4.78, 5) is 14.8. The van der Waals surface area contributed by atoms with Gasteiger partial charge >= 0.3 is 0 Å². The minimum Gasteiger partial charge on any atom is -0.503 e. The molecule has 3 aromatic rings. The van der Waals surface area contributed by atoms with Crippen LogP contribution in [-0.2, 0) is 11.2 Å². The second kappa shape index (κ2) is 8.26. The van der Waals surface area contributed by atoms with Crippen LogP contribution >= 0.6 is 15.9 Å². The predicted octanol–water partition coefficient (Wildman–Crippen LogP) is 5.85. The molecule has 0 unspecified atom stereocenters. The molecule has 1 heterocycles. The number of aryl methyl sites for hydroxylation is 1. The lowest BCUT2D eigenvalue weighted by Gasteiger charge is -2.27. The summed E-state index contributed by atoms with van der Waals surface area (Å²) >= 11 is 3.54. The van der Waals surface area contributed by atoms with Crippen molar-refractivity contribution in [2.24, 2.45) is 0 Å². The second-order valence-corrected chi connectivity index (χ2v) is 8.24. The number of benzene rings is 3. The molecule has 1 aliphatic heterocycles. The topological polar surface area (TPSA) is 40.5 Å². The molecule has 1 aliphatic rings. The van der Waals surface area contributed by atoms with E-state index in [9.17, 15) is 9.90 Å². The Bertz CT molecular complexity index is 1060. The van der Waals surface area contributed by atoms with Crippen molar-refractivity contribution in [3.05, 3.63) is 111 Å². The normalized spacial score (nSPS) is 16.6. The molecule has 3 nitrogen and oxygen atoms in total. The predicted molar refractivity (Wildman–Crippen MR) is 119 cm³/mol. The van der Waals surface area contributed by atoms with E-state index in [4.69, 9.17) is 0 Å². The lowest BCUT2D eigenvalue weighted by Crippen LogP contribution is -2.32. The molecule has 0 aliphatic carbocycles. The summed E-state index contributed by atoms with van der Waals surface area (Å²) in [6.07, 6.45) is 0.728. The Hall–Kier alpha value is -2.85. The smallest absolute Gasteiger partial charge is 0.289 e. The molecule has 0 bridgehead atoms. The van der Waals surface area contributed by atoms with Gasteiger partial charge in [0.15, 0.2) is 5.76 Å². The molecule has 1 N–H and O–H groups in total. The van der Waals surface area contributed by atoms with Gasteiger partial charge in [0, 0.05) is 16.6 Å². The minimum atomic E-state index is -0.327. The van der Waals surface area contributed by atoms with E-state index in [1.165, 1.54) is 0 Å². The number of hydrogen-bond donors (Lipinski definition) is 1. The first kappa shape index (κ1) is 19.5. The standard InChI is InChI=1S/C25H22BrNO2/c1-17-10-12-19(13-11-17)22-23(20-8-5-9-21(26)16-20)27(25(29)24(22)28)15-14-18-6-3-2-4-7-18/h2-13,16,23,28H,14-15H2,1H3/t23-/m0/s1. The van der Waals surface area contributed by atoms with Crippen molar-refractivity contribution in [3.8, 4) is 0 Å². The Balaban J connectivity index is 1.74. The summed E-state index contributed by atoms with van der Waals surface area (Å²) in [7, 11) is 0. The molecule has 1 amide bonds. The number of hydrogen-bond acceptors (Lipinski definition) is 2. The van der Waals surface area contributed by atoms with Crippen LogP contribution in [0.3, 0.4) is 0 Å². The van der Waals surface area contributed by atoms with Crippen LogP contribution in [0.15, 0.2) is 89.1 Å². The lowest BCUT2D eigenvalue weighted by molar-refractivity contribution is -0.129. The van der Waals surface area contributed by atoms with Gasteiger partial charge in [0.05, 0.1) is 6.04 Å². The van der Waals surface area contributed by atoms with Crippen molar-refractivity contribution in [2.45, 2.75) is 19.4 Å². The molecule has 3 aromatic carbocycles. The summed E-state index contributed by atoms with van der Waals surface area (Å²) in [5, 5.41) is 10.8. The Morgan fingerprint density at radius 3 is 2.38 bits per heavy atom. The molecule has 0 aromatic heterocycles. The highest BCUT2D eigenvalue weighted by molar-refractivity contribution is 9.10. The Kier molecular flexibility index (Phi) is 5.54. The highest BCUT2D eigenvalue weighted by atomic mass is 79.9. The molecule has 0 spiro atoms. The second-order valence-electron chi connectivity index (χ2n) is 7.32. The SMILES string of the molecule is Cc1ccc(C2=C(O)C(=O)N(CCc3ccccc3)[C@H]2c2cccc(Br)c2)cc1. The van der Waals surface area contributed by atoms with Gasteiger partial charge in [0.1, 0.15) is 0 Å². The fourth-order valence-corrected chi connectivity index (χ4v) is 4.25. The number of halogens is 1. The van der Waals surface area contributed by atoms with Crippen molar-refractivity contribution in [2.75, 3.05) is 6.54 Å². The maximum atomic E-state index is 13.1. The highest BCUT2D eigenvalue weighted by Crippen LogP contribution is 2.43. The van der Waals surface area contributed by atoms with Crippen molar-refractivity contribution >= 4 is 27.4 Å². The molecule has 4 heteroatoms. The van der Waals surface area contributed by atoms with E-state index in [0.717, 1.165) is 33.1 Å². The van der Waals surface area contributed by atoms with E-state index in [2.05, 4.69) is 28.1 Å². The maximum absolute atomic E-state index is 13.1. The van der Waals surface area contributed by atoms with Crippen molar-refractivity contribution in [1.29, 1.82) is 0 Å². The first-order valence-corrected chi connectivity index (χ1v) is 10.4. The largest absolute Gasteiger partial charge is 0.503 e. The third kappa shape index (κ3) is 3.99. The van der Waals surface area contributed by atoms with E-state index >= 15 is 0 Å². The zero-order valence-electron chi connectivity index (χ0n) is 16.2. The van der Waals surface area contributed by atoms with E-state index in [0.29, 0.717) is 12.1 Å². The van der Waals surface area contributed by atoms with Crippen LogP contribution in [0.5, 0.6) is 0 Å². The zero-order valence-corrected chi connectivity index (χ0v) is 17.8. The summed E-state index contributed by atoms with van der Waals surface area (Å²) in [6.45, 7) is 2.55. The van der Waals surface area contributed by atoms with Crippen LogP contribution in [0.4, 0.5) is 0 Å². The number of carbonyl (C=O) groups excluding carboxylic acids is 1. The molecule has 0 fully saturated rings. The molecular formula is C25H22BrNO2. The molecule has 0 radical (unpaired) electrons. The van der Waals surface area contributed by atoms with Gasteiger partial charge in [-0.2, -0.15) is 0 Å². The Morgan fingerprint density at radius 2 is 1.69 bits per heavy atom. The summed E-state index contributed by atoms with van der Waals surface area (Å²) in [5.41, 5.74) is 4.81. The van der Waals surface area contributed by atoms with Crippen molar-refractivity contribution < 1.29 is 9.90 Å². The first-order chi connectivity index (χ1) is 14.0. The fourth-order valence-electron chi connectivity index (χ4n) is 3.83. The quantitative estimate of drug-likeness (QED) is 0.532. The maximum Gasteiger partial charge on any atom is 0.289 e. The Morgan fingerprint density at radius 1 is 0.966 bits per heavy atom. The van der Waals surface area contributed by atoms with E-state index in [1.54, 1.807) is 4.90 Å². The van der Waals surface area contributed by atoms with Gasteiger partial charge in [-0.1, -0.05) is 88.2 Å². The molecular weight excluding hydrogens is 426 g/mol. The number of nitrogens with zero attached hydrogens (tertiary/aromatic N) is 1. The van der Waals surface area contributed by atoms with Gasteiger partial charge in [-0.15, -0.1) is 0 Å². The number of carbonyl (C=O) groups is 1. The number of rotatable bonds is 5. The van der Waals surface area contributed by atoms with Crippen LogP contribution in [0, 0.1) is 6.92 Å². The summed E-state index contributed by atoms with van der Waals surface area (Å²) in [6, 6.07) is 25.7. The molecule has 0 saturated heterocycles. The third-order valence-electron chi connectivity index (χ3n) is 5.31. The van der Waals surface area contributed by atoms with Gasteiger partial charge in [-0.25, -0.2) is 0 Å². The zero-order chi connectivity index (χ0) is 20.4. The van der Waals surface area contributed by atoms with Crippen molar-refractivity contribution in [3.63, 3.8) is 0 Å². The summed E-state index contributed by atoms with van der Waals surface area (Å²) in [5.74, 6) is -0.478. The van der Waals surface area contributed by atoms with E-state index < -0.39 is 0 Å². The van der Waals surface area contributed by atoms with E-state index in [1.807, 2.05) is 73.7 Å². The van der Waals surface area contributed by atoms with E-state index in [-0.39, 0.29) is 17.7 Å². The van der Waals surface area contributed by atoms with Gasteiger partial charge < -0.3 is 10.0 Å². The molecule has 1 atom stereocenters. The average molecular weight is 448 g/mol. The number of aliphatic hydroxyl groups excluding tert-OH is 1. The van der Waals surface area contributed by atoms with Crippen LogP contribution in [-0.4, -0.2) is 22.5 Å². The monoisotopic (exact) mass is 447 g/mol. The summed E-state index contributed by atoms with van der Waals surface area (Å²) < 4.78 is 0.945. The fraction of sp³-hybridized carbons (Fsp3) is 0.160. The van der Waals surface area contributed by atoms with Gasteiger partial charge in [0.2, 0.25) is 0 Å². The van der Waals surface area contributed by atoms with Crippen LogP contribution in [0.25, 0.3) is 5.57 Å². The molecule has 4 rings (SSSR count). The first-order valence-electron chi connectivity index (χ1n) is 9.65. The molecule has 0 saturated carbocycles. The minimum absolute atomic E-state index is 0.160. The van der Waals surface area contributed by atoms with Crippen LogP contribution in [0.1, 0.15) is 28.3 Å². The highest BCUT2D eigenvalue weighted by Gasteiger charge is 2.40. The van der Waals surface area contributed by atoms with Gasteiger partial charge in [-0.05, 0) is 42.2 Å². The van der Waals surface area contributed by atoms with Gasteiger partial charge in [0.25, 0.3) is 5.91 Å². The van der Waals surface area contributed by atoms with Crippen molar-refractivity contribution in [1.82, 2.24) is 4.90 Å². The lowest BCUT2D eigenvalue weighted by atomic mass is 9.93. The van der Waals surface area contributed by atoms with Crippen LogP contribution < -0.4 is 0 Å². The average Bonchev–Trinajstić information content (AvgIpc) is 2.98.